The highest BCUT2D eigenvalue weighted by Crippen LogP contribution is 1.64. The van der Waals surface area contributed by atoms with E-state index in [0.717, 1.165) is 0 Å². The SMILES string of the molecule is [N-]=NCN=[N-]. The average Bonchev–Trinajstić information content (AvgIpc) is 1.41. The molecule has 0 atom stereocenters. The van der Waals surface area contributed by atoms with Crippen molar-refractivity contribution >= 4 is 0 Å². The molecule has 4 nitrogen and oxygen atoms in total. The first kappa shape index (κ1) is 4.20. The fourth-order valence-corrected chi connectivity index (χ4v) is 0.0283. The van der Waals surface area contributed by atoms with Crippen molar-refractivity contribution in [2.24, 2.45) is 10.2 Å². The Morgan fingerprint density at radius 3 is 1.60 bits per heavy atom. The molecule has 0 amide bonds. The molecule has 0 spiro atoms. The van der Waals surface area contributed by atoms with Gasteiger partial charge in [-0.1, -0.05) is 0 Å². The summed E-state index contributed by atoms with van der Waals surface area (Å²) < 4.78 is 0. The summed E-state index contributed by atoms with van der Waals surface area (Å²) in [5.41, 5.74) is 14.9. The predicted molar refractivity (Wildman–Crippen MR) is 16.4 cm³/mol. The van der Waals surface area contributed by atoms with Crippen LogP contribution in [0.15, 0.2) is 10.2 Å². The fraction of sp³-hybridized carbons (Fsp3) is 1.00. The Labute approximate surface area is 29.2 Å². The van der Waals surface area contributed by atoms with Gasteiger partial charge in [0.05, 0.1) is 6.67 Å². The third kappa shape index (κ3) is 3.20. The highest BCUT2D eigenvalue weighted by atomic mass is 15.1. The molecule has 28 valence electrons. The van der Waals surface area contributed by atoms with Crippen molar-refractivity contribution in [3.8, 4) is 0 Å². The van der Waals surface area contributed by atoms with Gasteiger partial charge in [-0.2, -0.15) is 0 Å². The van der Waals surface area contributed by atoms with Crippen LogP contribution in [-0.2, 0) is 0 Å². The molecular formula is CH2N4-2. The third-order valence-corrected chi connectivity index (χ3v) is 0.126. The standard InChI is InChI=1S/CH2N4/c2-4-1-5-3/h1H2/q-2. The van der Waals surface area contributed by atoms with E-state index in [1.54, 1.807) is 0 Å². The van der Waals surface area contributed by atoms with Gasteiger partial charge >= 0.3 is 0 Å². The Morgan fingerprint density at radius 2 is 1.60 bits per heavy atom. The number of hydrogen-bond acceptors (Lipinski definition) is 2. The fourth-order valence-electron chi connectivity index (χ4n) is 0.0283. The molecule has 0 aliphatic carbocycles. The summed E-state index contributed by atoms with van der Waals surface area (Å²) in [7, 11) is 0. The second kappa shape index (κ2) is 3.20. The molecule has 0 bridgehead atoms. The van der Waals surface area contributed by atoms with Gasteiger partial charge in [0.1, 0.15) is 0 Å². The summed E-state index contributed by atoms with van der Waals surface area (Å²) in [4.78, 5) is 0. The van der Waals surface area contributed by atoms with Crippen LogP contribution in [-0.4, -0.2) is 6.67 Å². The summed E-state index contributed by atoms with van der Waals surface area (Å²) in [6.07, 6.45) is 0. The molecule has 0 saturated carbocycles. The van der Waals surface area contributed by atoms with Crippen LogP contribution in [0.3, 0.4) is 0 Å². The number of hydrogen-bond donors (Lipinski definition) is 0. The van der Waals surface area contributed by atoms with E-state index < -0.39 is 0 Å². The van der Waals surface area contributed by atoms with Crippen molar-refractivity contribution in [1.82, 2.24) is 0 Å². The van der Waals surface area contributed by atoms with Gasteiger partial charge in [0.2, 0.25) is 0 Å². The van der Waals surface area contributed by atoms with E-state index in [-0.39, 0.29) is 6.67 Å². The van der Waals surface area contributed by atoms with Gasteiger partial charge in [0, 0.05) is 0 Å². The normalized spacial score (nSPS) is 6.40. The zero-order valence-electron chi connectivity index (χ0n) is 2.50. The number of nitrogens with zero attached hydrogens (tertiary/aromatic N) is 4. The molecule has 0 unspecified atom stereocenters. The zero-order chi connectivity index (χ0) is 4.12. The van der Waals surface area contributed by atoms with Crippen molar-refractivity contribution in [3.05, 3.63) is 11.1 Å². The molecule has 0 aliphatic heterocycles. The maximum Gasteiger partial charge on any atom is 0.0860 e. The third-order valence-electron chi connectivity index (χ3n) is 0.126. The van der Waals surface area contributed by atoms with E-state index in [2.05, 4.69) is 10.2 Å². The molecule has 0 aromatic rings. The van der Waals surface area contributed by atoms with Gasteiger partial charge in [0.15, 0.2) is 0 Å². The van der Waals surface area contributed by atoms with Crippen LogP contribution < -0.4 is 0 Å². The van der Waals surface area contributed by atoms with Crippen molar-refractivity contribution in [2.45, 2.75) is 0 Å². The van der Waals surface area contributed by atoms with Crippen molar-refractivity contribution < 1.29 is 0 Å². The molecule has 0 radical (unpaired) electrons. The topological polar surface area (TPSA) is 69.3 Å². The molecule has 0 aliphatic rings. The molecule has 0 fully saturated rings. The first-order valence-electron chi connectivity index (χ1n) is 1.03. The van der Waals surface area contributed by atoms with E-state index in [4.69, 9.17) is 11.1 Å². The molecular weight excluding hydrogens is 68.0 g/mol. The molecule has 0 aromatic carbocycles. The summed E-state index contributed by atoms with van der Waals surface area (Å²) in [5.74, 6) is 0. The summed E-state index contributed by atoms with van der Waals surface area (Å²) in [6.45, 7) is -0.250. The van der Waals surface area contributed by atoms with Crippen LogP contribution in [0.4, 0.5) is 0 Å². The quantitative estimate of drug-likeness (QED) is 0.434. The first-order chi connectivity index (χ1) is 2.41. The number of rotatable bonds is 2. The van der Waals surface area contributed by atoms with Crippen molar-refractivity contribution in [2.75, 3.05) is 6.67 Å². The van der Waals surface area contributed by atoms with Gasteiger partial charge < -0.3 is 21.3 Å². The minimum atomic E-state index is -0.250. The lowest BCUT2D eigenvalue weighted by Gasteiger charge is -1.86. The van der Waals surface area contributed by atoms with E-state index in [0.29, 0.717) is 0 Å². The first-order valence-corrected chi connectivity index (χ1v) is 1.03. The van der Waals surface area contributed by atoms with E-state index in [1.165, 1.54) is 0 Å². The second-order valence-corrected chi connectivity index (χ2v) is 0.424. The minimum Gasteiger partial charge on any atom is -0.710 e. The highest BCUT2D eigenvalue weighted by molar-refractivity contribution is 4.28. The van der Waals surface area contributed by atoms with E-state index in [1.807, 2.05) is 0 Å². The molecule has 5 heavy (non-hydrogen) atoms. The smallest absolute Gasteiger partial charge is 0.0860 e. The average molecular weight is 70.1 g/mol. The Morgan fingerprint density at radius 1 is 1.20 bits per heavy atom. The Balaban J connectivity index is 2.65. The molecule has 0 aromatic heterocycles. The minimum absolute atomic E-state index is 0.250. The molecule has 0 N–H and O–H groups in total. The second-order valence-electron chi connectivity index (χ2n) is 0.424. The molecule has 0 rings (SSSR count). The van der Waals surface area contributed by atoms with Crippen LogP contribution in [0.1, 0.15) is 0 Å². The largest absolute Gasteiger partial charge is 0.710 e. The van der Waals surface area contributed by atoms with Gasteiger partial charge in [-0.05, 0) is 0 Å². The summed E-state index contributed by atoms with van der Waals surface area (Å²) >= 11 is 0. The van der Waals surface area contributed by atoms with Crippen LogP contribution in [0.25, 0.3) is 11.1 Å². The van der Waals surface area contributed by atoms with Crippen molar-refractivity contribution in [1.29, 1.82) is 0 Å². The Kier molecular flexibility index (Phi) is 2.69. The van der Waals surface area contributed by atoms with Crippen LogP contribution in [0.5, 0.6) is 0 Å². The lowest BCUT2D eigenvalue weighted by molar-refractivity contribution is 1.04. The van der Waals surface area contributed by atoms with Crippen LogP contribution >= 0.6 is 0 Å². The lowest BCUT2D eigenvalue weighted by Crippen LogP contribution is -1.56. The monoisotopic (exact) mass is 70.0 g/mol. The van der Waals surface area contributed by atoms with Crippen LogP contribution in [0.2, 0.25) is 0 Å². The van der Waals surface area contributed by atoms with Gasteiger partial charge in [0.25, 0.3) is 0 Å². The molecule has 0 heterocycles. The predicted octanol–water partition coefficient (Wildman–Crippen LogP) is 0.987. The maximum atomic E-state index is 7.44. The molecule has 4 heteroatoms. The highest BCUT2D eigenvalue weighted by Gasteiger charge is 1.38. The summed E-state index contributed by atoms with van der Waals surface area (Å²) in [6, 6.07) is 0. The van der Waals surface area contributed by atoms with E-state index in [9.17, 15) is 0 Å². The Hall–Kier alpha value is -0.800. The van der Waals surface area contributed by atoms with Gasteiger partial charge in [-0.15, -0.1) is 0 Å². The zero-order valence-corrected chi connectivity index (χ0v) is 2.50. The van der Waals surface area contributed by atoms with Gasteiger partial charge in [-0.25, -0.2) is 0 Å². The van der Waals surface area contributed by atoms with E-state index >= 15 is 0 Å². The maximum absolute atomic E-state index is 7.44. The van der Waals surface area contributed by atoms with Crippen LogP contribution in [0, 0.1) is 0 Å². The van der Waals surface area contributed by atoms with Gasteiger partial charge in [-0.3, -0.25) is 0 Å². The van der Waals surface area contributed by atoms with Crippen molar-refractivity contribution in [3.63, 3.8) is 0 Å². The Bertz CT molecular complexity index is 32.9. The lowest BCUT2D eigenvalue weighted by atomic mass is 11.2. The molecule has 0 saturated heterocycles. The summed E-state index contributed by atoms with van der Waals surface area (Å²) in [5, 5.41) is 4.88.